The van der Waals surface area contributed by atoms with Gasteiger partial charge in [0.1, 0.15) is 0 Å². The third-order valence-corrected chi connectivity index (χ3v) is 2.71. The van der Waals surface area contributed by atoms with Gasteiger partial charge in [-0.05, 0) is 34.9 Å². The molecule has 1 aromatic heterocycles. The lowest BCUT2D eigenvalue weighted by Crippen LogP contribution is -1.84. The molecule has 0 fully saturated rings. The summed E-state index contributed by atoms with van der Waals surface area (Å²) in [5, 5.41) is 0. The molecule has 0 atom stereocenters. The Bertz CT molecular complexity index is 568. The molecule has 2 rings (SSSR count). The Labute approximate surface area is 121 Å². The molecule has 0 radical (unpaired) electrons. The number of hydrogen-bond acceptors (Lipinski definition) is 1. The molecular formula is C19H19N. The van der Waals surface area contributed by atoms with Crippen LogP contribution in [0.3, 0.4) is 0 Å². The third-order valence-electron chi connectivity index (χ3n) is 2.71. The van der Waals surface area contributed by atoms with Crippen LogP contribution in [0.25, 0.3) is 24.3 Å². The number of aromatic nitrogens is 1. The number of benzene rings is 1. The van der Waals surface area contributed by atoms with E-state index in [0.29, 0.717) is 0 Å². The lowest BCUT2D eigenvalue weighted by atomic mass is 10.0. The lowest BCUT2D eigenvalue weighted by Gasteiger charge is -2.03. The summed E-state index contributed by atoms with van der Waals surface area (Å²) in [6, 6.07) is 11.7. The number of hydrogen-bond donors (Lipinski definition) is 0. The van der Waals surface area contributed by atoms with Crippen molar-refractivity contribution in [3.8, 4) is 0 Å². The Hall–Kier alpha value is -2.67. The Morgan fingerprint density at radius 1 is 0.700 bits per heavy atom. The topological polar surface area (TPSA) is 12.9 Å². The molecule has 0 saturated heterocycles. The first kappa shape index (κ1) is 15.4. The molecule has 0 aliphatic rings. The number of rotatable bonds is 4. The molecule has 0 saturated carbocycles. The molecule has 1 nitrogen and oxygen atoms in total. The molecule has 0 N–H and O–H groups in total. The fourth-order valence-electron chi connectivity index (χ4n) is 1.69. The van der Waals surface area contributed by atoms with Crippen LogP contribution in [0.2, 0.25) is 0 Å². The van der Waals surface area contributed by atoms with Crippen LogP contribution in [0.15, 0.2) is 68.9 Å². The summed E-state index contributed by atoms with van der Waals surface area (Å²) in [6.07, 6.45) is 8.94. The van der Waals surface area contributed by atoms with Gasteiger partial charge in [0.25, 0.3) is 0 Å². The van der Waals surface area contributed by atoms with E-state index in [1.165, 1.54) is 0 Å². The maximum Gasteiger partial charge on any atom is 0.0623 e. The highest BCUT2D eigenvalue weighted by atomic mass is 14.6. The van der Waals surface area contributed by atoms with E-state index in [9.17, 15) is 0 Å². The van der Waals surface area contributed by atoms with E-state index >= 15 is 0 Å². The highest BCUT2D eigenvalue weighted by molar-refractivity contribution is 5.72. The van der Waals surface area contributed by atoms with E-state index in [-0.39, 0.29) is 0 Å². The zero-order valence-electron chi connectivity index (χ0n) is 11.6. The minimum atomic E-state index is 0.924. The second-order valence-electron chi connectivity index (χ2n) is 3.92. The minimum Gasteiger partial charge on any atom is -0.257 e. The van der Waals surface area contributed by atoms with Gasteiger partial charge in [0.2, 0.25) is 0 Å². The van der Waals surface area contributed by atoms with Gasteiger partial charge in [-0.25, -0.2) is 0 Å². The van der Waals surface area contributed by atoms with Gasteiger partial charge < -0.3 is 0 Å². The van der Waals surface area contributed by atoms with Gasteiger partial charge in [0, 0.05) is 6.20 Å². The Morgan fingerprint density at radius 2 is 1.35 bits per heavy atom. The summed E-state index contributed by atoms with van der Waals surface area (Å²) in [5.74, 6) is 0. The predicted molar refractivity (Wildman–Crippen MR) is 91.0 cm³/mol. The van der Waals surface area contributed by atoms with Crippen molar-refractivity contribution in [2.75, 3.05) is 0 Å². The minimum absolute atomic E-state index is 0.924. The Balaban J connectivity index is 0.000000217. The summed E-state index contributed by atoms with van der Waals surface area (Å²) in [7, 11) is 0. The van der Waals surface area contributed by atoms with Crippen molar-refractivity contribution < 1.29 is 0 Å². The molecule has 1 aromatic carbocycles. The molecule has 0 amide bonds. The quantitative estimate of drug-likeness (QED) is 0.724. The summed E-state index contributed by atoms with van der Waals surface area (Å²) < 4.78 is 0. The van der Waals surface area contributed by atoms with E-state index in [1.54, 1.807) is 12.3 Å². The summed E-state index contributed by atoms with van der Waals surface area (Å²) >= 11 is 0. The normalized spacial score (nSPS) is 8.80. The monoisotopic (exact) mass is 261 g/mol. The van der Waals surface area contributed by atoms with Crippen molar-refractivity contribution in [1.82, 2.24) is 4.98 Å². The van der Waals surface area contributed by atoms with Crippen molar-refractivity contribution in [2.45, 2.75) is 0 Å². The fraction of sp³-hybridized carbons (Fsp3) is 0. The second kappa shape index (κ2) is 8.44. The van der Waals surface area contributed by atoms with E-state index < -0.39 is 0 Å². The summed E-state index contributed by atoms with van der Waals surface area (Å²) in [4.78, 5) is 3.98. The van der Waals surface area contributed by atoms with Crippen LogP contribution in [0.4, 0.5) is 0 Å². The van der Waals surface area contributed by atoms with Gasteiger partial charge in [-0.15, -0.1) is 0 Å². The van der Waals surface area contributed by atoms with Crippen molar-refractivity contribution in [2.24, 2.45) is 0 Å². The number of nitrogens with zero attached hydrogens (tertiary/aromatic N) is 1. The van der Waals surface area contributed by atoms with Crippen LogP contribution in [0.5, 0.6) is 0 Å². The smallest absolute Gasteiger partial charge is 0.0623 e. The highest BCUT2D eigenvalue weighted by Crippen LogP contribution is 2.18. The molecule has 100 valence electrons. The molecule has 0 bridgehead atoms. The maximum atomic E-state index is 3.98. The van der Waals surface area contributed by atoms with Crippen molar-refractivity contribution in [3.63, 3.8) is 0 Å². The van der Waals surface area contributed by atoms with E-state index in [1.807, 2.05) is 54.6 Å². The molecule has 1 heterocycles. The van der Waals surface area contributed by atoms with Crippen LogP contribution in [-0.2, 0) is 0 Å². The predicted octanol–water partition coefficient (Wildman–Crippen LogP) is 5.34. The van der Waals surface area contributed by atoms with Gasteiger partial charge >= 0.3 is 0 Å². The molecule has 1 heteroatoms. The van der Waals surface area contributed by atoms with E-state index in [4.69, 9.17) is 0 Å². The first-order chi connectivity index (χ1) is 9.76. The maximum absolute atomic E-state index is 3.98. The molecule has 0 aliphatic carbocycles. The van der Waals surface area contributed by atoms with Gasteiger partial charge in [-0.3, -0.25) is 4.98 Å². The van der Waals surface area contributed by atoms with Crippen molar-refractivity contribution in [1.29, 1.82) is 0 Å². The highest BCUT2D eigenvalue weighted by Gasteiger charge is 1.97. The van der Waals surface area contributed by atoms with Gasteiger partial charge in [-0.1, -0.05) is 68.8 Å². The van der Waals surface area contributed by atoms with Crippen LogP contribution in [-0.4, -0.2) is 4.98 Å². The van der Waals surface area contributed by atoms with Gasteiger partial charge in [-0.2, -0.15) is 0 Å². The molecule has 0 spiro atoms. The average molecular weight is 261 g/mol. The second-order valence-corrected chi connectivity index (χ2v) is 3.92. The van der Waals surface area contributed by atoms with Crippen LogP contribution < -0.4 is 0 Å². The summed E-state index contributed by atoms with van der Waals surface area (Å²) in [5.41, 5.74) is 4.22. The van der Waals surface area contributed by atoms with Gasteiger partial charge in [0.05, 0.1) is 5.69 Å². The third kappa shape index (κ3) is 4.21. The SMILES string of the molecule is C=Cc1cccc(C=C)c1C=C.C=Cc1ccccn1. The van der Waals surface area contributed by atoms with E-state index in [2.05, 4.69) is 31.3 Å². The standard InChI is InChI=1S/C12H12.C7H7N/c1-4-10-8-7-9-11(5-2)12(10)6-3;1-2-7-5-3-4-6-8-7/h4-9H,1-3H2;2-6H,1H2. The first-order valence-electron chi connectivity index (χ1n) is 6.30. The molecule has 20 heavy (non-hydrogen) atoms. The molecule has 0 aliphatic heterocycles. The van der Waals surface area contributed by atoms with Crippen molar-refractivity contribution in [3.05, 3.63) is 91.3 Å². The van der Waals surface area contributed by atoms with Crippen LogP contribution >= 0.6 is 0 Å². The van der Waals surface area contributed by atoms with Gasteiger partial charge in [0.15, 0.2) is 0 Å². The fourth-order valence-corrected chi connectivity index (χ4v) is 1.69. The zero-order chi connectivity index (χ0) is 14.8. The molecular weight excluding hydrogens is 242 g/mol. The van der Waals surface area contributed by atoms with Crippen LogP contribution in [0, 0.1) is 0 Å². The zero-order valence-corrected chi connectivity index (χ0v) is 11.6. The largest absolute Gasteiger partial charge is 0.257 e. The Kier molecular flexibility index (Phi) is 6.49. The molecule has 0 unspecified atom stereocenters. The lowest BCUT2D eigenvalue weighted by molar-refractivity contribution is 1.30. The summed E-state index contributed by atoms with van der Waals surface area (Å²) in [6.45, 7) is 14.8. The molecule has 2 aromatic rings. The van der Waals surface area contributed by atoms with E-state index in [0.717, 1.165) is 22.4 Å². The first-order valence-corrected chi connectivity index (χ1v) is 6.30. The van der Waals surface area contributed by atoms with Crippen molar-refractivity contribution >= 4 is 24.3 Å². The van der Waals surface area contributed by atoms with Crippen LogP contribution in [0.1, 0.15) is 22.4 Å². The Morgan fingerprint density at radius 3 is 1.70 bits per heavy atom. The number of pyridine rings is 1. The average Bonchev–Trinajstić information content (AvgIpc) is 2.55.